The van der Waals surface area contributed by atoms with Gasteiger partial charge in [0, 0.05) is 30.1 Å². The lowest BCUT2D eigenvalue weighted by atomic mass is 9.92. The number of carbonyl (C=O) groups is 1. The smallest absolute Gasteiger partial charge is 0.267 e. The summed E-state index contributed by atoms with van der Waals surface area (Å²) in [5.74, 6) is 0.784. The Morgan fingerprint density at radius 1 is 1.11 bits per heavy atom. The molecule has 0 radical (unpaired) electrons. The lowest BCUT2D eigenvalue weighted by molar-refractivity contribution is 0.0687. The zero-order valence-corrected chi connectivity index (χ0v) is 17.1. The molecule has 1 amide bonds. The van der Waals surface area contributed by atoms with Crippen LogP contribution in [-0.4, -0.2) is 40.3 Å². The number of nitrogens with zero attached hydrogens (tertiary/aromatic N) is 3. The van der Waals surface area contributed by atoms with Gasteiger partial charge in [0.05, 0.1) is 18.3 Å². The Hall–Kier alpha value is -2.63. The summed E-state index contributed by atoms with van der Waals surface area (Å²) in [5, 5.41) is 4.61. The van der Waals surface area contributed by atoms with Gasteiger partial charge in [0.25, 0.3) is 11.5 Å². The number of hydrogen-bond acceptors (Lipinski definition) is 4. The lowest BCUT2D eigenvalue weighted by Gasteiger charge is -2.33. The number of piperidine rings is 1. The van der Waals surface area contributed by atoms with Crippen LogP contribution in [0.25, 0.3) is 0 Å². The molecule has 6 heteroatoms. The summed E-state index contributed by atoms with van der Waals surface area (Å²) in [6, 6.07) is 10.7. The Morgan fingerprint density at radius 3 is 2.32 bits per heavy atom. The number of benzene rings is 1. The van der Waals surface area contributed by atoms with Crippen LogP contribution in [0.1, 0.15) is 62.6 Å². The van der Waals surface area contributed by atoms with E-state index in [-0.39, 0.29) is 22.9 Å². The second-order valence-corrected chi connectivity index (χ2v) is 8.23. The molecule has 1 aromatic carbocycles. The Kier molecular flexibility index (Phi) is 5.87. The average molecular weight is 383 g/mol. The number of amides is 1. The van der Waals surface area contributed by atoms with E-state index in [0.717, 1.165) is 24.3 Å². The van der Waals surface area contributed by atoms with Crippen LogP contribution in [-0.2, 0) is 5.41 Å². The van der Waals surface area contributed by atoms with E-state index in [1.807, 2.05) is 30.0 Å². The molecule has 0 unspecified atom stereocenters. The molecule has 1 aliphatic rings. The quantitative estimate of drug-likeness (QED) is 0.812. The van der Waals surface area contributed by atoms with Crippen LogP contribution >= 0.6 is 0 Å². The number of rotatable bonds is 4. The van der Waals surface area contributed by atoms with Gasteiger partial charge >= 0.3 is 0 Å². The molecule has 2 heterocycles. The van der Waals surface area contributed by atoms with Crippen LogP contribution in [0, 0.1) is 0 Å². The number of hydrogen-bond donors (Lipinski definition) is 0. The van der Waals surface area contributed by atoms with Crippen molar-refractivity contribution < 1.29 is 9.53 Å². The highest BCUT2D eigenvalue weighted by Crippen LogP contribution is 2.24. The molecule has 1 fully saturated rings. The van der Waals surface area contributed by atoms with E-state index in [2.05, 4.69) is 25.9 Å². The lowest BCUT2D eigenvalue weighted by Crippen LogP contribution is -2.41. The van der Waals surface area contributed by atoms with Crippen LogP contribution in [0.5, 0.6) is 5.75 Å². The molecule has 0 bridgehead atoms. The highest BCUT2D eigenvalue weighted by Gasteiger charge is 2.27. The van der Waals surface area contributed by atoms with Crippen LogP contribution in [0.3, 0.4) is 0 Å². The van der Waals surface area contributed by atoms with Gasteiger partial charge in [-0.3, -0.25) is 9.59 Å². The second kappa shape index (κ2) is 8.17. The third-order valence-electron chi connectivity index (χ3n) is 5.10. The van der Waals surface area contributed by atoms with Crippen LogP contribution in [0.2, 0.25) is 0 Å². The fraction of sp³-hybridized carbons (Fsp3) is 0.500. The molecule has 0 atom stereocenters. The van der Waals surface area contributed by atoms with Crippen molar-refractivity contribution in [1.82, 2.24) is 14.7 Å². The fourth-order valence-electron chi connectivity index (χ4n) is 3.44. The first-order valence-corrected chi connectivity index (χ1v) is 9.92. The minimum absolute atomic E-state index is 0.0187. The molecule has 6 nitrogen and oxygen atoms in total. The molecular weight excluding hydrogens is 354 g/mol. The average Bonchev–Trinajstić information content (AvgIpc) is 2.68. The monoisotopic (exact) mass is 383 g/mol. The zero-order valence-electron chi connectivity index (χ0n) is 17.1. The molecule has 150 valence electrons. The normalized spacial score (nSPS) is 15.5. The SMILES string of the molecule is CCOc1ccc(C(=O)N2CCC(n3nc(C(C)(C)C)ccc3=O)CC2)cc1. The van der Waals surface area contributed by atoms with Gasteiger partial charge in [-0.2, -0.15) is 5.10 Å². The Labute approximate surface area is 166 Å². The van der Waals surface area contributed by atoms with Crippen molar-refractivity contribution >= 4 is 5.91 Å². The van der Waals surface area contributed by atoms with Gasteiger partial charge in [-0.05, 0) is 50.1 Å². The summed E-state index contributed by atoms with van der Waals surface area (Å²) in [5.41, 5.74) is 1.37. The van der Waals surface area contributed by atoms with Gasteiger partial charge in [0.1, 0.15) is 5.75 Å². The number of carbonyl (C=O) groups excluding carboxylic acids is 1. The third kappa shape index (κ3) is 4.43. The molecule has 1 saturated heterocycles. The predicted molar refractivity (Wildman–Crippen MR) is 109 cm³/mol. The summed E-state index contributed by atoms with van der Waals surface area (Å²) in [6.45, 7) is 10.0. The van der Waals surface area contributed by atoms with E-state index < -0.39 is 0 Å². The molecule has 1 aromatic heterocycles. The summed E-state index contributed by atoms with van der Waals surface area (Å²) < 4.78 is 7.04. The topological polar surface area (TPSA) is 64.4 Å². The van der Waals surface area contributed by atoms with E-state index in [1.54, 1.807) is 22.9 Å². The van der Waals surface area contributed by atoms with Gasteiger partial charge < -0.3 is 9.64 Å². The first-order valence-electron chi connectivity index (χ1n) is 9.92. The highest BCUT2D eigenvalue weighted by molar-refractivity contribution is 5.94. The first kappa shape index (κ1) is 20.1. The van der Waals surface area contributed by atoms with E-state index in [4.69, 9.17) is 4.74 Å². The maximum atomic E-state index is 12.8. The summed E-state index contributed by atoms with van der Waals surface area (Å²) >= 11 is 0. The molecular formula is C22H29N3O3. The number of ether oxygens (including phenoxy) is 1. The Bertz CT molecular complexity index is 873. The molecule has 0 aliphatic carbocycles. The largest absolute Gasteiger partial charge is 0.494 e. The van der Waals surface area contributed by atoms with Crippen molar-refractivity contribution in [2.24, 2.45) is 0 Å². The fourth-order valence-corrected chi connectivity index (χ4v) is 3.44. The third-order valence-corrected chi connectivity index (χ3v) is 5.10. The van der Waals surface area contributed by atoms with Crippen molar-refractivity contribution in [1.29, 1.82) is 0 Å². The molecule has 2 aromatic rings. The second-order valence-electron chi connectivity index (χ2n) is 8.23. The summed E-state index contributed by atoms with van der Waals surface area (Å²) in [6.07, 6.45) is 1.45. The van der Waals surface area contributed by atoms with Gasteiger partial charge in [-0.1, -0.05) is 20.8 Å². The standard InChI is InChI=1S/C22H29N3O3/c1-5-28-18-8-6-16(7-9-18)21(27)24-14-12-17(13-15-24)25-20(26)11-10-19(23-25)22(2,3)4/h6-11,17H,5,12-15H2,1-4H3. The first-order chi connectivity index (χ1) is 13.3. The highest BCUT2D eigenvalue weighted by atomic mass is 16.5. The number of likely N-dealkylation sites (tertiary alicyclic amines) is 1. The number of aromatic nitrogens is 2. The molecule has 0 N–H and O–H groups in total. The zero-order chi connectivity index (χ0) is 20.3. The van der Waals surface area contributed by atoms with E-state index >= 15 is 0 Å². The summed E-state index contributed by atoms with van der Waals surface area (Å²) in [7, 11) is 0. The summed E-state index contributed by atoms with van der Waals surface area (Å²) in [4.78, 5) is 26.9. The van der Waals surface area contributed by atoms with Crippen LogP contribution < -0.4 is 10.3 Å². The minimum atomic E-state index is -0.111. The van der Waals surface area contributed by atoms with Crippen molar-refractivity contribution in [3.05, 3.63) is 58.0 Å². The molecule has 0 saturated carbocycles. The predicted octanol–water partition coefficient (Wildman–Crippen LogP) is 3.42. The van der Waals surface area contributed by atoms with E-state index in [9.17, 15) is 9.59 Å². The van der Waals surface area contributed by atoms with E-state index in [1.165, 1.54) is 0 Å². The van der Waals surface area contributed by atoms with Crippen molar-refractivity contribution in [2.45, 2.75) is 52.0 Å². The van der Waals surface area contributed by atoms with Gasteiger partial charge in [0.15, 0.2) is 0 Å². The molecule has 0 spiro atoms. The maximum absolute atomic E-state index is 12.8. The molecule has 28 heavy (non-hydrogen) atoms. The Morgan fingerprint density at radius 2 is 1.75 bits per heavy atom. The van der Waals surface area contributed by atoms with Crippen molar-refractivity contribution in [2.75, 3.05) is 19.7 Å². The van der Waals surface area contributed by atoms with Crippen molar-refractivity contribution in [3.63, 3.8) is 0 Å². The van der Waals surface area contributed by atoms with E-state index in [0.29, 0.717) is 25.3 Å². The van der Waals surface area contributed by atoms with Crippen molar-refractivity contribution in [3.8, 4) is 5.75 Å². The Balaban J connectivity index is 1.67. The van der Waals surface area contributed by atoms with Crippen LogP contribution in [0.15, 0.2) is 41.2 Å². The molecule has 1 aliphatic heterocycles. The maximum Gasteiger partial charge on any atom is 0.267 e. The van der Waals surface area contributed by atoms with Gasteiger partial charge in [-0.25, -0.2) is 4.68 Å². The van der Waals surface area contributed by atoms with Gasteiger partial charge in [-0.15, -0.1) is 0 Å². The van der Waals surface area contributed by atoms with Crippen LogP contribution in [0.4, 0.5) is 0 Å². The minimum Gasteiger partial charge on any atom is -0.494 e. The molecule has 3 rings (SSSR count). The van der Waals surface area contributed by atoms with Gasteiger partial charge in [0.2, 0.25) is 0 Å².